The lowest BCUT2D eigenvalue weighted by molar-refractivity contribution is 0.260. The maximum absolute atomic E-state index is 2.34. The molecule has 0 bridgehead atoms. The maximum atomic E-state index is 2.34. The van der Waals surface area contributed by atoms with Gasteiger partial charge in [-0.3, -0.25) is 0 Å². The zero-order valence-corrected chi connectivity index (χ0v) is 10.1. The van der Waals surface area contributed by atoms with E-state index >= 15 is 0 Å². The molecule has 0 heteroatoms. The molecule has 1 rings (SSSR count). The van der Waals surface area contributed by atoms with Crippen molar-refractivity contribution in [1.29, 1.82) is 0 Å². The lowest BCUT2D eigenvalue weighted by atomic mass is 9.78. The molecule has 0 nitrogen and oxygen atoms in total. The van der Waals surface area contributed by atoms with Crippen LogP contribution in [0.25, 0.3) is 0 Å². The summed E-state index contributed by atoms with van der Waals surface area (Å²) in [5.41, 5.74) is 3.24. The van der Waals surface area contributed by atoms with Crippen molar-refractivity contribution in [3.63, 3.8) is 0 Å². The molecule has 0 spiro atoms. The van der Waals surface area contributed by atoms with E-state index in [1.54, 1.807) is 0 Å². The molecule has 0 N–H and O–H groups in total. The number of benzene rings is 1. The molecule has 0 heterocycles. The molecule has 0 aliphatic carbocycles. The van der Waals surface area contributed by atoms with Gasteiger partial charge >= 0.3 is 0 Å². The van der Waals surface area contributed by atoms with Gasteiger partial charge in [0.2, 0.25) is 0 Å². The van der Waals surface area contributed by atoms with Crippen LogP contribution in [0.3, 0.4) is 0 Å². The molecule has 1 unspecified atom stereocenters. The first kappa shape index (κ1) is 11.3. The van der Waals surface area contributed by atoms with E-state index in [2.05, 4.69) is 58.9 Å². The third-order valence-corrected chi connectivity index (χ3v) is 3.10. The Labute approximate surface area is 88.4 Å². The molecule has 1 aromatic rings. The molecule has 1 aromatic carbocycles. The normalized spacial score (nSPS) is 14.1. The van der Waals surface area contributed by atoms with E-state index in [9.17, 15) is 0 Å². The van der Waals surface area contributed by atoms with Crippen molar-refractivity contribution >= 4 is 0 Å². The fraction of sp³-hybridized carbons (Fsp3) is 0.571. The van der Waals surface area contributed by atoms with Gasteiger partial charge in [0.05, 0.1) is 0 Å². The van der Waals surface area contributed by atoms with E-state index < -0.39 is 0 Å². The maximum Gasteiger partial charge on any atom is -0.0248 e. The van der Waals surface area contributed by atoms with Gasteiger partial charge in [-0.15, -0.1) is 0 Å². The van der Waals surface area contributed by atoms with Crippen LogP contribution < -0.4 is 0 Å². The quantitative estimate of drug-likeness (QED) is 0.655. The van der Waals surface area contributed by atoms with Gasteiger partial charge in [0.1, 0.15) is 0 Å². The van der Waals surface area contributed by atoms with Gasteiger partial charge in [0.15, 0.2) is 0 Å². The van der Waals surface area contributed by atoms with Gasteiger partial charge < -0.3 is 0 Å². The molecule has 78 valence electrons. The summed E-state index contributed by atoms with van der Waals surface area (Å²) in [7, 11) is 0. The van der Waals surface area contributed by atoms with E-state index in [-0.39, 0.29) is 0 Å². The average Bonchev–Trinajstić information content (AvgIpc) is 2.02. The van der Waals surface area contributed by atoms with Crippen LogP contribution in [0.1, 0.15) is 38.8 Å². The second-order valence-corrected chi connectivity index (χ2v) is 5.46. The van der Waals surface area contributed by atoms with Crippen molar-refractivity contribution in [1.82, 2.24) is 0 Å². The molecular formula is C14H22. The second-order valence-electron chi connectivity index (χ2n) is 5.46. The molecular weight excluding hydrogens is 168 g/mol. The van der Waals surface area contributed by atoms with Crippen LogP contribution in [-0.4, -0.2) is 0 Å². The Hall–Kier alpha value is -0.780. The highest BCUT2D eigenvalue weighted by molar-refractivity contribution is 5.22. The molecule has 0 saturated heterocycles. The van der Waals surface area contributed by atoms with Gasteiger partial charge in [-0.2, -0.15) is 0 Å². The molecule has 0 aliphatic heterocycles. The minimum atomic E-state index is 0.406. The second kappa shape index (κ2) is 4.16. The summed E-state index contributed by atoms with van der Waals surface area (Å²) in [4.78, 5) is 0. The SMILES string of the molecule is Cc1cccc(CC(C)C(C)(C)C)c1. The molecule has 0 radical (unpaired) electrons. The van der Waals surface area contributed by atoms with Crippen molar-refractivity contribution < 1.29 is 0 Å². The molecule has 0 aromatic heterocycles. The predicted octanol–water partition coefficient (Wildman–Crippen LogP) is 4.22. The highest BCUT2D eigenvalue weighted by Crippen LogP contribution is 2.28. The van der Waals surface area contributed by atoms with Crippen molar-refractivity contribution in [2.45, 2.75) is 41.0 Å². The van der Waals surface area contributed by atoms with Gasteiger partial charge in [0, 0.05) is 0 Å². The van der Waals surface area contributed by atoms with Crippen molar-refractivity contribution in [3.8, 4) is 0 Å². The van der Waals surface area contributed by atoms with E-state index in [0.29, 0.717) is 5.41 Å². The summed E-state index contributed by atoms with van der Waals surface area (Å²) >= 11 is 0. The van der Waals surface area contributed by atoms with Crippen molar-refractivity contribution in [3.05, 3.63) is 35.4 Å². The highest BCUT2D eigenvalue weighted by Gasteiger charge is 2.19. The fourth-order valence-corrected chi connectivity index (χ4v) is 1.50. The third-order valence-electron chi connectivity index (χ3n) is 3.10. The Kier molecular flexibility index (Phi) is 3.36. The molecule has 0 aliphatic rings. The van der Waals surface area contributed by atoms with Crippen LogP contribution in [0.5, 0.6) is 0 Å². The zero-order chi connectivity index (χ0) is 10.8. The van der Waals surface area contributed by atoms with Crippen LogP contribution in [0.15, 0.2) is 24.3 Å². The monoisotopic (exact) mass is 190 g/mol. The Morgan fingerprint density at radius 2 is 1.86 bits per heavy atom. The lowest BCUT2D eigenvalue weighted by Crippen LogP contribution is -2.19. The minimum Gasteiger partial charge on any atom is -0.0617 e. The van der Waals surface area contributed by atoms with Crippen molar-refractivity contribution in [2.24, 2.45) is 11.3 Å². The van der Waals surface area contributed by atoms with Gasteiger partial charge in [-0.25, -0.2) is 0 Å². The summed E-state index contributed by atoms with van der Waals surface area (Å²) in [6.45, 7) is 11.4. The first-order valence-electron chi connectivity index (χ1n) is 5.45. The van der Waals surface area contributed by atoms with E-state index in [4.69, 9.17) is 0 Å². The predicted molar refractivity (Wildman–Crippen MR) is 63.5 cm³/mol. The standard InChI is InChI=1S/C14H22/c1-11-7-6-8-13(9-11)10-12(2)14(3,4)5/h6-9,12H,10H2,1-5H3. The fourth-order valence-electron chi connectivity index (χ4n) is 1.50. The van der Waals surface area contributed by atoms with E-state index in [1.807, 2.05) is 0 Å². The van der Waals surface area contributed by atoms with Crippen LogP contribution in [-0.2, 0) is 6.42 Å². The summed E-state index contributed by atoms with van der Waals surface area (Å²) in [6.07, 6.45) is 1.19. The van der Waals surface area contributed by atoms with Gasteiger partial charge in [0.25, 0.3) is 0 Å². The summed E-state index contributed by atoms with van der Waals surface area (Å²) in [6, 6.07) is 8.84. The number of rotatable bonds is 2. The first-order chi connectivity index (χ1) is 6.39. The first-order valence-corrected chi connectivity index (χ1v) is 5.45. The minimum absolute atomic E-state index is 0.406. The van der Waals surface area contributed by atoms with Crippen LogP contribution in [0.4, 0.5) is 0 Å². The highest BCUT2D eigenvalue weighted by atomic mass is 14.2. The molecule has 0 amide bonds. The van der Waals surface area contributed by atoms with Crippen molar-refractivity contribution in [2.75, 3.05) is 0 Å². The van der Waals surface area contributed by atoms with E-state index in [1.165, 1.54) is 17.5 Å². The Morgan fingerprint density at radius 3 is 2.36 bits per heavy atom. The third kappa shape index (κ3) is 3.17. The summed E-state index contributed by atoms with van der Waals surface area (Å²) in [5.74, 6) is 0.726. The molecule has 14 heavy (non-hydrogen) atoms. The Bertz CT molecular complexity index is 291. The zero-order valence-electron chi connectivity index (χ0n) is 10.1. The van der Waals surface area contributed by atoms with Gasteiger partial charge in [-0.05, 0) is 30.2 Å². The van der Waals surface area contributed by atoms with Gasteiger partial charge in [-0.1, -0.05) is 57.5 Å². The largest absolute Gasteiger partial charge is 0.0617 e. The summed E-state index contributed by atoms with van der Waals surface area (Å²) < 4.78 is 0. The Morgan fingerprint density at radius 1 is 1.21 bits per heavy atom. The van der Waals surface area contributed by atoms with Crippen LogP contribution in [0, 0.1) is 18.3 Å². The molecule has 1 atom stereocenters. The topological polar surface area (TPSA) is 0 Å². The number of hydrogen-bond acceptors (Lipinski definition) is 0. The summed E-state index contributed by atoms with van der Waals surface area (Å²) in [5, 5.41) is 0. The Balaban J connectivity index is 2.70. The average molecular weight is 190 g/mol. The van der Waals surface area contributed by atoms with E-state index in [0.717, 1.165) is 5.92 Å². The molecule has 0 saturated carbocycles. The van der Waals surface area contributed by atoms with Crippen LogP contribution >= 0.6 is 0 Å². The van der Waals surface area contributed by atoms with Crippen LogP contribution in [0.2, 0.25) is 0 Å². The number of hydrogen-bond donors (Lipinski definition) is 0. The lowest BCUT2D eigenvalue weighted by Gasteiger charge is -2.27. The number of aryl methyl sites for hydroxylation is 1. The molecule has 0 fully saturated rings. The smallest absolute Gasteiger partial charge is 0.0248 e.